The van der Waals surface area contributed by atoms with E-state index < -0.39 is 5.97 Å². The molecular formula is C16H23N3O3. The van der Waals surface area contributed by atoms with Crippen LogP contribution < -0.4 is 10.2 Å². The van der Waals surface area contributed by atoms with E-state index in [0.29, 0.717) is 13.0 Å². The second-order valence-electron chi connectivity index (χ2n) is 5.59. The fraction of sp³-hybridized carbons (Fsp3) is 0.500. The van der Waals surface area contributed by atoms with E-state index in [1.807, 2.05) is 0 Å². The highest BCUT2D eigenvalue weighted by Crippen LogP contribution is 2.17. The summed E-state index contributed by atoms with van der Waals surface area (Å²) in [6.45, 7) is 6.18. The third-order valence-electron chi connectivity index (χ3n) is 3.83. The Labute approximate surface area is 130 Å². The molecule has 2 rings (SSSR count). The average Bonchev–Trinajstić information content (AvgIpc) is 2.51. The van der Waals surface area contributed by atoms with E-state index in [-0.39, 0.29) is 12.5 Å². The largest absolute Gasteiger partial charge is 0.480 e. The minimum Gasteiger partial charge on any atom is -0.480 e. The number of carboxylic acid groups (broad SMARTS) is 1. The molecule has 1 saturated heterocycles. The number of benzene rings is 1. The van der Waals surface area contributed by atoms with Gasteiger partial charge in [0.1, 0.15) is 6.54 Å². The van der Waals surface area contributed by atoms with Crippen LogP contribution in [-0.2, 0) is 9.59 Å². The number of carbonyl (C=O) groups is 2. The summed E-state index contributed by atoms with van der Waals surface area (Å²) in [5.74, 6) is -1.22. The third kappa shape index (κ3) is 5.04. The van der Waals surface area contributed by atoms with Gasteiger partial charge in [-0.1, -0.05) is 12.1 Å². The summed E-state index contributed by atoms with van der Waals surface area (Å²) in [6, 6.07) is 8.48. The molecule has 1 heterocycles. The van der Waals surface area contributed by atoms with Gasteiger partial charge in [0.25, 0.3) is 0 Å². The number of aryl methyl sites for hydroxylation is 1. The Morgan fingerprint density at radius 1 is 1.23 bits per heavy atom. The van der Waals surface area contributed by atoms with E-state index in [9.17, 15) is 9.59 Å². The van der Waals surface area contributed by atoms with Crippen LogP contribution in [0.3, 0.4) is 0 Å². The van der Waals surface area contributed by atoms with Crippen molar-refractivity contribution in [2.75, 3.05) is 44.2 Å². The number of rotatable bonds is 6. The van der Waals surface area contributed by atoms with E-state index >= 15 is 0 Å². The third-order valence-corrected chi connectivity index (χ3v) is 3.83. The summed E-state index contributed by atoms with van der Waals surface area (Å²) in [5, 5.41) is 10.9. The van der Waals surface area contributed by atoms with Gasteiger partial charge < -0.3 is 15.3 Å². The van der Waals surface area contributed by atoms with Gasteiger partial charge >= 0.3 is 5.97 Å². The van der Waals surface area contributed by atoms with Gasteiger partial charge in [0.15, 0.2) is 0 Å². The summed E-state index contributed by atoms with van der Waals surface area (Å²) in [7, 11) is 0. The second kappa shape index (κ2) is 7.79. The first-order valence-electron chi connectivity index (χ1n) is 7.57. The molecule has 0 aromatic heterocycles. The normalized spacial score (nSPS) is 15.6. The predicted molar refractivity (Wildman–Crippen MR) is 85.1 cm³/mol. The van der Waals surface area contributed by atoms with Crippen molar-refractivity contribution in [3.8, 4) is 0 Å². The van der Waals surface area contributed by atoms with Crippen molar-refractivity contribution in [2.24, 2.45) is 0 Å². The number of carboxylic acids is 1. The number of piperazine rings is 1. The molecule has 1 aromatic rings. The Morgan fingerprint density at radius 3 is 2.59 bits per heavy atom. The van der Waals surface area contributed by atoms with E-state index in [1.54, 1.807) is 0 Å². The Bertz CT molecular complexity index is 525. The van der Waals surface area contributed by atoms with Crippen LogP contribution in [0, 0.1) is 6.92 Å². The number of amides is 1. The Kier molecular flexibility index (Phi) is 5.77. The fourth-order valence-electron chi connectivity index (χ4n) is 2.58. The van der Waals surface area contributed by atoms with Crippen molar-refractivity contribution < 1.29 is 14.7 Å². The maximum atomic E-state index is 11.5. The maximum Gasteiger partial charge on any atom is 0.322 e. The number of anilines is 1. The molecule has 6 nitrogen and oxygen atoms in total. The highest BCUT2D eigenvalue weighted by atomic mass is 16.4. The van der Waals surface area contributed by atoms with Crippen LogP contribution in [0.4, 0.5) is 5.69 Å². The first-order valence-corrected chi connectivity index (χ1v) is 7.57. The number of nitrogens with one attached hydrogen (secondary N) is 1. The molecule has 1 amide bonds. The van der Waals surface area contributed by atoms with Crippen molar-refractivity contribution in [1.82, 2.24) is 10.2 Å². The van der Waals surface area contributed by atoms with Crippen LogP contribution in [0.1, 0.15) is 12.0 Å². The first-order chi connectivity index (χ1) is 10.5. The summed E-state index contributed by atoms with van der Waals surface area (Å²) in [5.41, 5.74) is 2.51. The van der Waals surface area contributed by atoms with Gasteiger partial charge in [-0.25, -0.2) is 0 Å². The molecule has 1 fully saturated rings. The molecule has 120 valence electrons. The van der Waals surface area contributed by atoms with Crippen molar-refractivity contribution in [3.05, 3.63) is 29.8 Å². The van der Waals surface area contributed by atoms with Crippen LogP contribution in [0.2, 0.25) is 0 Å². The lowest BCUT2D eigenvalue weighted by Gasteiger charge is -2.36. The van der Waals surface area contributed by atoms with Crippen molar-refractivity contribution in [3.63, 3.8) is 0 Å². The second-order valence-corrected chi connectivity index (χ2v) is 5.59. The number of hydrogen-bond acceptors (Lipinski definition) is 4. The summed E-state index contributed by atoms with van der Waals surface area (Å²) in [6.07, 6.45) is 0.345. The van der Waals surface area contributed by atoms with Crippen LogP contribution in [0.5, 0.6) is 0 Å². The van der Waals surface area contributed by atoms with E-state index in [0.717, 1.165) is 26.2 Å². The molecule has 0 spiro atoms. The Hall–Kier alpha value is -2.08. The maximum absolute atomic E-state index is 11.5. The van der Waals surface area contributed by atoms with Gasteiger partial charge in [-0.15, -0.1) is 0 Å². The topological polar surface area (TPSA) is 72.9 Å². The lowest BCUT2D eigenvalue weighted by Crippen LogP contribution is -2.47. The highest BCUT2D eigenvalue weighted by molar-refractivity contribution is 5.81. The zero-order chi connectivity index (χ0) is 15.9. The Balaban J connectivity index is 1.71. The minimum atomic E-state index is -1.01. The highest BCUT2D eigenvalue weighted by Gasteiger charge is 2.17. The summed E-state index contributed by atoms with van der Waals surface area (Å²) >= 11 is 0. The number of aliphatic carboxylic acids is 1. The molecule has 0 saturated carbocycles. The molecule has 1 aromatic carbocycles. The van der Waals surface area contributed by atoms with Crippen molar-refractivity contribution in [1.29, 1.82) is 0 Å². The van der Waals surface area contributed by atoms with Gasteiger partial charge in [-0.2, -0.15) is 0 Å². The van der Waals surface area contributed by atoms with Crippen molar-refractivity contribution >= 4 is 17.6 Å². The smallest absolute Gasteiger partial charge is 0.322 e. The fourth-order valence-corrected chi connectivity index (χ4v) is 2.58. The van der Waals surface area contributed by atoms with Crippen LogP contribution in [0.15, 0.2) is 24.3 Å². The lowest BCUT2D eigenvalue weighted by atomic mass is 10.2. The molecule has 2 N–H and O–H groups in total. The number of carbonyl (C=O) groups excluding carboxylic acids is 1. The molecular weight excluding hydrogens is 282 g/mol. The van der Waals surface area contributed by atoms with Gasteiger partial charge in [-0.3, -0.25) is 14.5 Å². The van der Waals surface area contributed by atoms with Crippen LogP contribution in [-0.4, -0.2) is 61.2 Å². The predicted octanol–water partition coefficient (Wildman–Crippen LogP) is 0.708. The molecule has 0 radical (unpaired) electrons. The van der Waals surface area contributed by atoms with Gasteiger partial charge in [-0.05, 0) is 24.6 Å². The van der Waals surface area contributed by atoms with Gasteiger partial charge in [0, 0.05) is 44.8 Å². The van der Waals surface area contributed by atoms with Crippen molar-refractivity contribution in [2.45, 2.75) is 13.3 Å². The zero-order valence-electron chi connectivity index (χ0n) is 12.9. The number of hydrogen-bond donors (Lipinski definition) is 2. The summed E-state index contributed by atoms with van der Waals surface area (Å²) in [4.78, 5) is 26.5. The van der Waals surface area contributed by atoms with E-state index in [2.05, 4.69) is 46.3 Å². The van der Waals surface area contributed by atoms with Crippen LogP contribution in [0.25, 0.3) is 0 Å². The molecule has 0 unspecified atom stereocenters. The Morgan fingerprint density at radius 2 is 1.95 bits per heavy atom. The summed E-state index contributed by atoms with van der Waals surface area (Å²) < 4.78 is 0. The average molecular weight is 305 g/mol. The first kappa shape index (κ1) is 16.3. The van der Waals surface area contributed by atoms with Crippen LogP contribution >= 0.6 is 0 Å². The molecule has 1 aliphatic heterocycles. The molecule has 0 atom stereocenters. The molecule has 0 aliphatic carbocycles. The molecule has 22 heavy (non-hydrogen) atoms. The lowest BCUT2D eigenvalue weighted by molar-refractivity contribution is -0.138. The quantitative estimate of drug-likeness (QED) is 0.810. The molecule has 6 heteroatoms. The van der Waals surface area contributed by atoms with E-state index in [4.69, 9.17) is 5.11 Å². The van der Waals surface area contributed by atoms with E-state index in [1.165, 1.54) is 11.3 Å². The van der Waals surface area contributed by atoms with Gasteiger partial charge in [0.05, 0.1) is 0 Å². The van der Waals surface area contributed by atoms with Gasteiger partial charge in [0.2, 0.25) is 5.91 Å². The minimum absolute atomic E-state index is 0.205. The zero-order valence-corrected chi connectivity index (χ0v) is 12.9. The number of nitrogens with zero attached hydrogens (tertiary/aromatic N) is 2. The SMILES string of the molecule is Cc1cccc(N2CCN(CCC(=O)NCC(=O)O)CC2)c1. The molecule has 0 bridgehead atoms. The standard InChI is InChI=1S/C16H23N3O3/c1-13-3-2-4-14(11-13)19-9-7-18(8-10-19)6-5-15(20)17-12-16(21)22/h2-4,11H,5-10,12H2,1H3,(H,17,20)(H,21,22). The monoisotopic (exact) mass is 305 g/mol. The molecule has 1 aliphatic rings.